The Morgan fingerprint density at radius 2 is 2.31 bits per heavy atom. The van der Waals surface area contributed by atoms with Crippen molar-refractivity contribution in [2.75, 3.05) is 13.4 Å². The van der Waals surface area contributed by atoms with Crippen molar-refractivity contribution in [1.29, 1.82) is 0 Å². The van der Waals surface area contributed by atoms with E-state index in [0.29, 0.717) is 11.7 Å². The number of carbonyl (C=O) groups is 1. The smallest absolute Gasteiger partial charge is 0.354 e. The number of hydrogen-bond donors (Lipinski definition) is 1. The summed E-state index contributed by atoms with van der Waals surface area (Å²) in [5.41, 5.74) is 0.00579. The van der Waals surface area contributed by atoms with Crippen LogP contribution in [-0.2, 0) is 4.74 Å². The third-order valence-corrected chi connectivity index (χ3v) is 2.31. The Kier molecular flexibility index (Phi) is 3.36. The summed E-state index contributed by atoms with van der Waals surface area (Å²) in [7, 11) is 0. The molecule has 1 aliphatic carbocycles. The third kappa shape index (κ3) is 3.20. The zero-order chi connectivity index (χ0) is 11.4. The second-order valence-corrected chi connectivity index (χ2v) is 3.76. The maximum absolute atomic E-state index is 10.5. The van der Waals surface area contributed by atoms with Crippen LogP contribution < -0.4 is 4.74 Å². The van der Waals surface area contributed by atoms with Crippen LogP contribution in [0.2, 0.25) is 0 Å². The molecule has 0 atom stereocenters. The van der Waals surface area contributed by atoms with E-state index in [-0.39, 0.29) is 12.5 Å². The van der Waals surface area contributed by atoms with Crippen molar-refractivity contribution in [3.05, 3.63) is 24.0 Å². The van der Waals surface area contributed by atoms with E-state index in [9.17, 15) is 4.79 Å². The van der Waals surface area contributed by atoms with E-state index in [1.54, 1.807) is 6.07 Å². The molecule has 1 N–H and O–H groups in total. The zero-order valence-corrected chi connectivity index (χ0v) is 8.76. The lowest BCUT2D eigenvalue weighted by Gasteiger charge is -2.06. The van der Waals surface area contributed by atoms with Crippen LogP contribution in [0.3, 0.4) is 0 Å². The maximum Gasteiger partial charge on any atom is 0.354 e. The van der Waals surface area contributed by atoms with Gasteiger partial charge in [0.1, 0.15) is 11.4 Å². The summed E-state index contributed by atoms with van der Waals surface area (Å²) >= 11 is 0. The standard InChI is InChI=1S/C11H13NO4/c13-11(14)10-4-3-9(5-12-10)16-7-15-6-8-1-2-8/h3-5,8H,1-2,6-7H2,(H,13,14). The van der Waals surface area contributed by atoms with Gasteiger partial charge in [-0.05, 0) is 30.9 Å². The zero-order valence-electron chi connectivity index (χ0n) is 8.76. The van der Waals surface area contributed by atoms with Crippen molar-refractivity contribution < 1.29 is 19.4 Å². The van der Waals surface area contributed by atoms with Gasteiger partial charge in [-0.1, -0.05) is 0 Å². The van der Waals surface area contributed by atoms with E-state index >= 15 is 0 Å². The number of ether oxygens (including phenoxy) is 2. The predicted octanol–water partition coefficient (Wildman–Crippen LogP) is 1.54. The molecule has 0 saturated heterocycles. The van der Waals surface area contributed by atoms with Gasteiger partial charge in [-0.2, -0.15) is 0 Å². The van der Waals surface area contributed by atoms with Gasteiger partial charge in [-0.15, -0.1) is 0 Å². The van der Waals surface area contributed by atoms with E-state index in [0.717, 1.165) is 6.61 Å². The van der Waals surface area contributed by atoms with Crippen molar-refractivity contribution in [1.82, 2.24) is 4.98 Å². The molecule has 1 heterocycles. The van der Waals surface area contributed by atoms with Gasteiger partial charge >= 0.3 is 5.97 Å². The van der Waals surface area contributed by atoms with E-state index in [2.05, 4.69) is 4.98 Å². The van der Waals surface area contributed by atoms with Crippen LogP contribution in [0.15, 0.2) is 18.3 Å². The van der Waals surface area contributed by atoms with E-state index in [4.69, 9.17) is 14.6 Å². The van der Waals surface area contributed by atoms with E-state index in [1.165, 1.54) is 25.1 Å². The molecule has 1 aromatic heterocycles. The molecule has 0 unspecified atom stereocenters. The Balaban J connectivity index is 1.73. The number of carboxylic acid groups (broad SMARTS) is 1. The van der Waals surface area contributed by atoms with Gasteiger partial charge in [0.05, 0.1) is 12.8 Å². The first kappa shape index (κ1) is 10.9. The second kappa shape index (κ2) is 4.94. The van der Waals surface area contributed by atoms with Gasteiger partial charge in [0.15, 0.2) is 6.79 Å². The highest BCUT2D eigenvalue weighted by Gasteiger charge is 2.21. The lowest BCUT2D eigenvalue weighted by atomic mass is 10.3. The minimum atomic E-state index is -1.04. The fraction of sp³-hybridized carbons (Fsp3) is 0.455. The Hall–Kier alpha value is -1.62. The Labute approximate surface area is 93.0 Å². The van der Waals surface area contributed by atoms with Gasteiger partial charge in [0, 0.05) is 0 Å². The fourth-order valence-corrected chi connectivity index (χ4v) is 1.20. The molecule has 1 fully saturated rings. The highest BCUT2D eigenvalue weighted by atomic mass is 16.7. The number of rotatable bonds is 6. The second-order valence-electron chi connectivity index (χ2n) is 3.76. The predicted molar refractivity (Wildman–Crippen MR) is 55.4 cm³/mol. The minimum Gasteiger partial charge on any atom is -0.477 e. The summed E-state index contributed by atoms with van der Waals surface area (Å²) in [6.07, 6.45) is 3.87. The van der Waals surface area contributed by atoms with Crippen LogP contribution in [0.1, 0.15) is 23.3 Å². The first-order valence-corrected chi connectivity index (χ1v) is 5.15. The number of hydrogen-bond acceptors (Lipinski definition) is 4. The van der Waals surface area contributed by atoms with Gasteiger partial charge in [-0.3, -0.25) is 0 Å². The molecule has 0 amide bonds. The van der Waals surface area contributed by atoms with Gasteiger partial charge < -0.3 is 14.6 Å². The number of aromatic nitrogens is 1. The monoisotopic (exact) mass is 223 g/mol. The molecular weight excluding hydrogens is 210 g/mol. The molecule has 2 rings (SSSR count). The van der Waals surface area contributed by atoms with Crippen LogP contribution in [0.5, 0.6) is 5.75 Å². The van der Waals surface area contributed by atoms with Crippen LogP contribution in [0, 0.1) is 5.92 Å². The van der Waals surface area contributed by atoms with Gasteiger partial charge in [0.25, 0.3) is 0 Å². The minimum absolute atomic E-state index is 0.00579. The molecule has 5 heteroatoms. The molecule has 0 radical (unpaired) electrons. The summed E-state index contributed by atoms with van der Waals surface area (Å²) in [6, 6.07) is 2.97. The topological polar surface area (TPSA) is 68.7 Å². The molecule has 86 valence electrons. The Morgan fingerprint density at radius 1 is 1.50 bits per heavy atom. The van der Waals surface area contributed by atoms with Crippen molar-refractivity contribution in [3.8, 4) is 5.75 Å². The maximum atomic E-state index is 10.5. The Morgan fingerprint density at radius 3 is 2.88 bits per heavy atom. The number of pyridine rings is 1. The molecule has 1 aliphatic rings. The van der Waals surface area contributed by atoms with Crippen molar-refractivity contribution in [2.45, 2.75) is 12.8 Å². The highest BCUT2D eigenvalue weighted by molar-refractivity contribution is 5.85. The molecule has 0 aromatic carbocycles. The largest absolute Gasteiger partial charge is 0.477 e. The first-order chi connectivity index (χ1) is 7.75. The van der Waals surface area contributed by atoms with Crippen LogP contribution >= 0.6 is 0 Å². The molecule has 1 aromatic rings. The molecule has 5 nitrogen and oxygen atoms in total. The lowest BCUT2D eigenvalue weighted by molar-refractivity contribution is 0.00977. The first-order valence-electron chi connectivity index (χ1n) is 5.15. The normalized spacial score (nSPS) is 14.8. The van der Waals surface area contributed by atoms with Crippen LogP contribution in [-0.4, -0.2) is 29.5 Å². The molecule has 1 saturated carbocycles. The van der Waals surface area contributed by atoms with Crippen molar-refractivity contribution >= 4 is 5.97 Å². The lowest BCUT2D eigenvalue weighted by Crippen LogP contribution is -2.06. The average molecular weight is 223 g/mol. The summed E-state index contributed by atoms with van der Waals surface area (Å²) in [5.74, 6) is 0.174. The summed E-state index contributed by atoms with van der Waals surface area (Å²) in [4.78, 5) is 14.3. The summed E-state index contributed by atoms with van der Waals surface area (Å²) in [6.45, 7) is 0.922. The van der Waals surface area contributed by atoms with Gasteiger partial charge in [-0.25, -0.2) is 9.78 Å². The molecule has 16 heavy (non-hydrogen) atoms. The fourth-order valence-electron chi connectivity index (χ4n) is 1.20. The molecule has 0 aliphatic heterocycles. The highest BCUT2D eigenvalue weighted by Crippen LogP contribution is 2.28. The number of carboxylic acids is 1. The van der Waals surface area contributed by atoms with Crippen molar-refractivity contribution in [3.63, 3.8) is 0 Å². The van der Waals surface area contributed by atoms with E-state index < -0.39 is 5.97 Å². The SMILES string of the molecule is O=C(O)c1ccc(OCOCC2CC2)cn1. The summed E-state index contributed by atoms with van der Waals surface area (Å²) < 4.78 is 10.5. The molecule has 0 bridgehead atoms. The molecule has 0 spiro atoms. The average Bonchev–Trinajstić information content (AvgIpc) is 3.09. The number of nitrogens with zero attached hydrogens (tertiary/aromatic N) is 1. The van der Waals surface area contributed by atoms with Crippen LogP contribution in [0.25, 0.3) is 0 Å². The molecular formula is C11H13NO4. The quantitative estimate of drug-likeness (QED) is 0.585. The number of aromatic carboxylic acids is 1. The summed E-state index contributed by atoms with van der Waals surface area (Å²) in [5, 5.41) is 8.63. The van der Waals surface area contributed by atoms with Crippen LogP contribution in [0.4, 0.5) is 0 Å². The van der Waals surface area contributed by atoms with Crippen molar-refractivity contribution in [2.24, 2.45) is 5.92 Å². The van der Waals surface area contributed by atoms with Gasteiger partial charge in [0.2, 0.25) is 0 Å². The third-order valence-electron chi connectivity index (χ3n) is 2.31. The Bertz CT molecular complexity index is 359. The van der Waals surface area contributed by atoms with E-state index in [1.807, 2.05) is 0 Å².